The van der Waals surface area contributed by atoms with Gasteiger partial charge in [-0.15, -0.1) is 0 Å². The Bertz CT molecular complexity index is 610. The van der Waals surface area contributed by atoms with Crippen molar-refractivity contribution in [3.63, 3.8) is 0 Å². The number of anilines is 1. The number of rotatable bonds is 1. The first-order valence-electron chi connectivity index (χ1n) is 5.56. The average molecular weight is 310 g/mol. The summed E-state index contributed by atoms with van der Waals surface area (Å²) in [6.07, 6.45) is 1.71. The van der Waals surface area contributed by atoms with Gasteiger partial charge in [0.2, 0.25) is 0 Å². The summed E-state index contributed by atoms with van der Waals surface area (Å²) in [4.78, 5) is 0. The average Bonchev–Trinajstić information content (AvgIpc) is 2.80. The van der Waals surface area contributed by atoms with Crippen LogP contribution in [0.3, 0.4) is 0 Å². The lowest BCUT2D eigenvalue weighted by molar-refractivity contribution is 0.169. The zero-order chi connectivity index (χ0) is 12.7. The molecule has 3 N–H and O–H groups in total. The normalized spacial score (nSPS) is 13.7. The predicted molar refractivity (Wildman–Crippen MR) is 71.9 cm³/mol. The standard InChI is InChI=1S/C12H12BrN3O2/c1-6-7(8-5-15-16-12(8)14)4-9(13)11-10(6)17-2-3-18-11/h4-5H,2-3H2,1H3,(H3,14,15,16). The molecule has 0 fully saturated rings. The van der Waals surface area contributed by atoms with Crippen molar-refractivity contribution >= 4 is 21.7 Å². The number of aromatic nitrogens is 2. The van der Waals surface area contributed by atoms with Gasteiger partial charge < -0.3 is 15.2 Å². The number of nitrogen functional groups attached to an aromatic ring is 1. The number of hydrogen-bond donors (Lipinski definition) is 2. The number of halogens is 1. The lowest BCUT2D eigenvalue weighted by Crippen LogP contribution is -2.16. The maximum absolute atomic E-state index is 5.86. The zero-order valence-electron chi connectivity index (χ0n) is 9.79. The molecule has 2 aromatic rings. The van der Waals surface area contributed by atoms with Crippen molar-refractivity contribution in [2.75, 3.05) is 18.9 Å². The van der Waals surface area contributed by atoms with Crippen LogP contribution in [0.5, 0.6) is 11.5 Å². The summed E-state index contributed by atoms with van der Waals surface area (Å²) >= 11 is 3.50. The second-order valence-corrected chi connectivity index (χ2v) is 4.94. The Labute approximate surface area is 112 Å². The molecule has 5 nitrogen and oxygen atoms in total. The number of H-pyrrole nitrogens is 1. The Morgan fingerprint density at radius 1 is 1.28 bits per heavy atom. The Balaban J connectivity index is 2.23. The highest BCUT2D eigenvalue weighted by atomic mass is 79.9. The van der Waals surface area contributed by atoms with Crippen molar-refractivity contribution in [1.29, 1.82) is 0 Å². The molecule has 0 radical (unpaired) electrons. The lowest BCUT2D eigenvalue weighted by Gasteiger charge is -2.23. The maximum Gasteiger partial charge on any atom is 0.175 e. The highest BCUT2D eigenvalue weighted by Gasteiger charge is 2.22. The maximum atomic E-state index is 5.86. The smallest absolute Gasteiger partial charge is 0.175 e. The van der Waals surface area contributed by atoms with Crippen molar-refractivity contribution in [2.45, 2.75) is 6.92 Å². The second-order valence-electron chi connectivity index (χ2n) is 4.08. The molecule has 0 saturated carbocycles. The van der Waals surface area contributed by atoms with Gasteiger partial charge in [0.25, 0.3) is 0 Å². The van der Waals surface area contributed by atoms with Crippen LogP contribution in [0.4, 0.5) is 5.82 Å². The number of fused-ring (bicyclic) bond motifs is 1. The minimum absolute atomic E-state index is 0.543. The van der Waals surface area contributed by atoms with E-state index >= 15 is 0 Å². The van der Waals surface area contributed by atoms with Crippen LogP contribution in [0.25, 0.3) is 11.1 Å². The van der Waals surface area contributed by atoms with Gasteiger partial charge in [0.15, 0.2) is 11.5 Å². The van der Waals surface area contributed by atoms with E-state index in [1.165, 1.54) is 0 Å². The van der Waals surface area contributed by atoms with Gasteiger partial charge in [-0.2, -0.15) is 5.10 Å². The van der Waals surface area contributed by atoms with Gasteiger partial charge in [0.1, 0.15) is 19.0 Å². The number of hydrogen-bond acceptors (Lipinski definition) is 4. The molecule has 0 amide bonds. The molecule has 3 rings (SSSR count). The number of benzene rings is 1. The van der Waals surface area contributed by atoms with Crippen molar-refractivity contribution < 1.29 is 9.47 Å². The van der Waals surface area contributed by atoms with Gasteiger partial charge in [0, 0.05) is 11.1 Å². The highest BCUT2D eigenvalue weighted by molar-refractivity contribution is 9.10. The predicted octanol–water partition coefficient (Wildman–Crippen LogP) is 2.50. The molecule has 1 aliphatic heterocycles. The molecule has 6 heteroatoms. The first-order valence-corrected chi connectivity index (χ1v) is 6.35. The minimum Gasteiger partial charge on any atom is -0.486 e. The Kier molecular flexibility index (Phi) is 2.66. The van der Waals surface area contributed by atoms with Gasteiger partial charge in [0.05, 0.1) is 10.7 Å². The molecular formula is C12H12BrN3O2. The Morgan fingerprint density at radius 3 is 2.67 bits per heavy atom. The van der Waals surface area contributed by atoms with Crippen LogP contribution in [0, 0.1) is 6.92 Å². The third-order valence-corrected chi connectivity index (χ3v) is 3.56. The van der Waals surface area contributed by atoms with Crippen LogP contribution in [0.2, 0.25) is 0 Å². The fourth-order valence-electron chi connectivity index (χ4n) is 2.09. The molecule has 0 atom stereocenters. The third-order valence-electron chi connectivity index (χ3n) is 2.97. The fraction of sp³-hybridized carbons (Fsp3) is 0.250. The van der Waals surface area contributed by atoms with E-state index in [0.29, 0.717) is 19.0 Å². The van der Waals surface area contributed by atoms with Gasteiger partial charge in [-0.1, -0.05) is 0 Å². The summed E-state index contributed by atoms with van der Waals surface area (Å²) in [7, 11) is 0. The van der Waals surface area contributed by atoms with Gasteiger partial charge in [-0.3, -0.25) is 5.10 Å². The lowest BCUT2D eigenvalue weighted by atomic mass is 10.0. The quantitative estimate of drug-likeness (QED) is 0.849. The van der Waals surface area contributed by atoms with Crippen molar-refractivity contribution in [1.82, 2.24) is 10.2 Å². The largest absolute Gasteiger partial charge is 0.486 e. The van der Waals surface area contributed by atoms with Gasteiger partial charge >= 0.3 is 0 Å². The third kappa shape index (κ3) is 1.64. The molecule has 0 bridgehead atoms. The molecule has 1 aromatic carbocycles. The number of ether oxygens (including phenoxy) is 2. The molecule has 0 aliphatic carbocycles. The molecular weight excluding hydrogens is 298 g/mol. The SMILES string of the molecule is Cc1c(-c2cn[nH]c2N)cc(Br)c2c1OCCO2. The van der Waals surface area contributed by atoms with E-state index in [0.717, 1.165) is 32.7 Å². The summed E-state index contributed by atoms with van der Waals surface area (Å²) in [6, 6.07) is 1.98. The number of nitrogens with one attached hydrogen (secondary N) is 1. The van der Waals surface area contributed by atoms with Crippen LogP contribution in [0.1, 0.15) is 5.56 Å². The van der Waals surface area contributed by atoms with E-state index in [1.54, 1.807) is 6.20 Å². The second kappa shape index (κ2) is 4.20. The zero-order valence-corrected chi connectivity index (χ0v) is 11.4. The summed E-state index contributed by atoms with van der Waals surface area (Å²) in [5.41, 5.74) is 8.71. The Hall–Kier alpha value is -1.69. The minimum atomic E-state index is 0.543. The van der Waals surface area contributed by atoms with Crippen molar-refractivity contribution in [2.24, 2.45) is 0 Å². The summed E-state index contributed by atoms with van der Waals surface area (Å²) in [5.74, 6) is 2.07. The molecule has 94 valence electrons. The highest BCUT2D eigenvalue weighted by Crippen LogP contribution is 2.45. The van der Waals surface area contributed by atoms with E-state index in [2.05, 4.69) is 26.1 Å². The molecule has 0 saturated heterocycles. The van der Waals surface area contributed by atoms with E-state index in [-0.39, 0.29) is 0 Å². The monoisotopic (exact) mass is 309 g/mol. The summed E-state index contributed by atoms with van der Waals surface area (Å²) < 4.78 is 12.2. The number of nitrogens with zero attached hydrogens (tertiary/aromatic N) is 1. The summed E-state index contributed by atoms with van der Waals surface area (Å²) in [5, 5.41) is 6.68. The first kappa shape index (κ1) is 11.4. The summed E-state index contributed by atoms with van der Waals surface area (Å²) in [6.45, 7) is 3.12. The van der Waals surface area contributed by atoms with E-state index in [1.807, 2.05) is 13.0 Å². The van der Waals surface area contributed by atoms with Crippen LogP contribution < -0.4 is 15.2 Å². The van der Waals surface area contributed by atoms with Gasteiger partial charge in [-0.05, 0) is 34.5 Å². The van der Waals surface area contributed by atoms with Crippen LogP contribution in [-0.2, 0) is 0 Å². The van der Waals surface area contributed by atoms with Crippen LogP contribution in [0.15, 0.2) is 16.7 Å². The Morgan fingerprint density at radius 2 is 2.00 bits per heavy atom. The molecule has 0 spiro atoms. The van der Waals surface area contributed by atoms with Crippen LogP contribution in [-0.4, -0.2) is 23.4 Å². The van der Waals surface area contributed by atoms with Gasteiger partial charge in [-0.25, -0.2) is 0 Å². The first-order chi connectivity index (χ1) is 8.68. The van der Waals surface area contributed by atoms with Crippen molar-refractivity contribution in [3.8, 4) is 22.6 Å². The van der Waals surface area contributed by atoms with Crippen LogP contribution >= 0.6 is 15.9 Å². The van der Waals surface area contributed by atoms with E-state index in [4.69, 9.17) is 15.2 Å². The topological polar surface area (TPSA) is 73.2 Å². The molecule has 2 heterocycles. The molecule has 1 aromatic heterocycles. The van der Waals surface area contributed by atoms with E-state index < -0.39 is 0 Å². The van der Waals surface area contributed by atoms with E-state index in [9.17, 15) is 0 Å². The fourth-order valence-corrected chi connectivity index (χ4v) is 2.61. The number of aromatic amines is 1. The number of nitrogens with two attached hydrogens (primary N) is 1. The van der Waals surface area contributed by atoms with Crippen molar-refractivity contribution in [3.05, 3.63) is 22.3 Å². The molecule has 18 heavy (non-hydrogen) atoms. The molecule has 1 aliphatic rings. The molecule has 0 unspecified atom stereocenters.